The Balaban J connectivity index is 1.06. The topological polar surface area (TPSA) is 104 Å². The van der Waals surface area contributed by atoms with Crippen LogP contribution in [0.15, 0.2) is 48.5 Å². The Hall–Kier alpha value is -3.76. The van der Waals surface area contributed by atoms with Gasteiger partial charge in [0, 0.05) is 36.0 Å². The number of carbonyl (C=O) groups excluding carboxylic acids is 3. The van der Waals surface area contributed by atoms with Gasteiger partial charge >= 0.3 is 17.9 Å². The number of hydrogen-bond donors (Lipinski definition) is 0. The van der Waals surface area contributed by atoms with Crippen molar-refractivity contribution >= 4 is 45.1 Å². The number of esters is 3. The van der Waals surface area contributed by atoms with E-state index in [1.54, 1.807) is 29.7 Å². The molecule has 10 heteroatoms. The Morgan fingerprint density at radius 1 is 1.05 bits per heavy atom. The molecule has 2 saturated heterocycles. The molecule has 3 aliphatic rings. The maximum atomic E-state index is 12.4. The third-order valence-electron chi connectivity index (χ3n) is 7.99. The predicted molar refractivity (Wildman–Crippen MR) is 148 cm³/mol. The summed E-state index contributed by atoms with van der Waals surface area (Å²) in [6.07, 6.45) is 6.65. The minimum atomic E-state index is -0.926. The van der Waals surface area contributed by atoms with Crippen LogP contribution in [0.25, 0.3) is 15.7 Å². The lowest BCUT2D eigenvalue weighted by atomic mass is 9.87. The van der Waals surface area contributed by atoms with Gasteiger partial charge < -0.3 is 18.9 Å². The van der Waals surface area contributed by atoms with E-state index >= 15 is 0 Å². The summed E-state index contributed by atoms with van der Waals surface area (Å²) in [5.74, 6) is -1.18. The monoisotopic (exact) mass is 562 g/mol. The lowest BCUT2D eigenvalue weighted by molar-refractivity contribution is -0.163. The second-order valence-corrected chi connectivity index (χ2v) is 11.2. The molecule has 9 nitrogen and oxygen atoms in total. The number of carbonyl (C=O) groups is 3. The van der Waals surface area contributed by atoms with E-state index in [0.717, 1.165) is 31.9 Å². The van der Waals surface area contributed by atoms with Crippen molar-refractivity contribution in [3.8, 4) is 11.5 Å². The number of methoxy groups -OCH3 is 1. The molecule has 208 valence electrons. The fraction of sp³-hybridized carbons (Fsp3) is 0.400. The van der Waals surface area contributed by atoms with E-state index in [-0.39, 0.29) is 5.57 Å². The van der Waals surface area contributed by atoms with E-state index in [2.05, 4.69) is 29.2 Å². The van der Waals surface area contributed by atoms with Crippen LogP contribution in [0.1, 0.15) is 49.3 Å². The van der Waals surface area contributed by atoms with Crippen LogP contribution >= 0.6 is 11.5 Å². The van der Waals surface area contributed by atoms with Crippen LogP contribution in [0.2, 0.25) is 0 Å². The molecule has 2 atom stereocenters. The van der Waals surface area contributed by atoms with Gasteiger partial charge in [-0.15, -0.1) is 0 Å². The standard InChI is InChI=1S/C30H30N2O7S/c1-36-25-15-18(23-16-27(33)38-17-28(34)39-30(23)35)7-10-24(25)37-12-4-11-32-20-8-9-21(32)14-19(13-20)29-22-5-2-3-6-26(22)40-31-29/h2-3,5-7,10,15-16,19-21H,4,8-9,11-14,17H2,1H3/b23-16+. The Morgan fingerprint density at radius 2 is 1.85 bits per heavy atom. The van der Waals surface area contributed by atoms with Gasteiger partial charge in [0.25, 0.3) is 0 Å². The zero-order valence-corrected chi connectivity index (χ0v) is 23.0. The zero-order chi connectivity index (χ0) is 27.6. The third kappa shape index (κ3) is 5.33. The number of piperidine rings is 1. The van der Waals surface area contributed by atoms with Gasteiger partial charge in [-0.25, -0.2) is 14.4 Å². The number of aromatic nitrogens is 1. The molecule has 3 aromatic rings. The van der Waals surface area contributed by atoms with Gasteiger partial charge in [-0.2, -0.15) is 4.37 Å². The van der Waals surface area contributed by atoms with Crippen molar-refractivity contribution < 1.29 is 33.3 Å². The van der Waals surface area contributed by atoms with Crippen LogP contribution in [-0.4, -0.2) is 66.1 Å². The van der Waals surface area contributed by atoms with Crippen molar-refractivity contribution in [3.05, 3.63) is 59.8 Å². The van der Waals surface area contributed by atoms with Crippen molar-refractivity contribution in [2.75, 3.05) is 26.9 Å². The van der Waals surface area contributed by atoms with E-state index in [1.807, 2.05) is 0 Å². The molecule has 4 heterocycles. The first-order chi connectivity index (χ1) is 19.5. The summed E-state index contributed by atoms with van der Waals surface area (Å²) in [6.45, 7) is 0.874. The molecule has 0 radical (unpaired) electrons. The van der Waals surface area contributed by atoms with E-state index in [9.17, 15) is 14.4 Å². The lowest BCUT2D eigenvalue weighted by Gasteiger charge is -2.38. The zero-order valence-electron chi connectivity index (χ0n) is 22.2. The van der Waals surface area contributed by atoms with Crippen molar-refractivity contribution in [1.29, 1.82) is 0 Å². The number of rotatable bonds is 8. The van der Waals surface area contributed by atoms with Crippen molar-refractivity contribution in [2.24, 2.45) is 0 Å². The van der Waals surface area contributed by atoms with Crippen molar-refractivity contribution in [1.82, 2.24) is 9.27 Å². The van der Waals surface area contributed by atoms with Gasteiger partial charge in [0.1, 0.15) is 0 Å². The highest BCUT2D eigenvalue weighted by Gasteiger charge is 2.41. The van der Waals surface area contributed by atoms with Crippen molar-refractivity contribution in [3.63, 3.8) is 0 Å². The number of benzene rings is 2. The van der Waals surface area contributed by atoms with Gasteiger partial charge in [0.2, 0.25) is 0 Å². The molecule has 6 rings (SSSR count). The van der Waals surface area contributed by atoms with E-state index in [0.29, 0.717) is 41.7 Å². The van der Waals surface area contributed by atoms with Gasteiger partial charge in [-0.1, -0.05) is 24.3 Å². The van der Waals surface area contributed by atoms with Crippen LogP contribution in [0, 0.1) is 0 Å². The molecule has 0 aliphatic carbocycles. The summed E-state index contributed by atoms with van der Waals surface area (Å²) >= 11 is 1.61. The number of hydrogen-bond acceptors (Lipinski definition) is 10. The quantitative estimate of drug-likeness (QED) is 0.223. The van der Waals surface area contributed by atoms with Crippen LogP contribution in [0.5, 0.6) is 11.5 Å². The second-order valence-electron chi connectivity index (χ2n) is 10.4. The number of ether oxygens (including phenoxy) is 4. The minimum Gasteiger partial charge on any atom is -0.493 e. The Morgan fingerprint density at radius 3 is 2.65 bits per heavy atom. The first kappa shape index (κ1) is 26.5. The molecular formula is C30H30N2O7S. The van der Waals surface area contributed by atoms with Crippen LogP contribution in [0.3, 0.4) is 0 Å². The molecule has 2 fully saturated rings. The fourth-order valence-electron chi connectivity index (χ4n) is 6.18. The second kappa shape index (κ2) is 11.4. The van der Waals surface area contributed by atoms with E-state index < -0.39 is 24.5 Å². The summed E-state index contributed by atoms with van der Waals surface area (Å²) in [4.78, 5) is 38.5. The average Bonchev–Trinajstić information content (AvgIpc) is 3.49. The maximum absolute atomic E-state index is 12.4. The smallest absolute Gasteiger partial charge is 0.352 e. The average molecular weight is 563 g/mol. The van der Waals surface area contributed by atoms with Crippen LogP contribution in [-0.2, 0) is 23.9 Å². The first-order valence-corrected chi connectivity index (χ1v) is 14.3. The Labute approximate surface area is 235 Å². The largest absolute Gasteiger partial charge is 0.493 e. The highest BCUT2D eigenvalue weighted by atomic mass is 32.1. The molecular weight excluding hydrogens is 532 g/mol. The normalized spacial score (nSPS) is 24.6. The van der Waals surface area contributed by atoms with E-state index in [1.165, 1.54) is 35.7 Å². The Kier molecular flexibility index (Phi) is 7.53. The van der Waals surface area contributed by atoms with Crippen LogP contribution in [0.4, 0.5) is 0 Å². The molecule has 2 aromatic carbocycles. The number of fused-ring (bicyclic) bond motifs is 3. The van der Waals surface area contributed by atoms with Gasteiger partial charge in [-0.05, 0) is 67.4 Å². The van der Waals surface area contributed by atoms with E-state index in [4.69, 9.17) is 23.3 Å². The summed E-state index contributed by atoms with van der Waals surface area (Å²) < 4.78 is 27.1. The molecule has 40 heavy (non-hydrogen) atoms. The molecule has 0 saturated carbocycles. The predicted octanol–water partition coefficient (Wildman–Crippen LogP) is 4.49. The number of cyclic esters (lactones) is 3. The molecule has 0 amide bonds. The molecule has 2 unspecified atom stereocenters. The summed E-state index contributed by atoms with van der Waals surface area (Å²) in [7, 11) is 1.50. The highest BCUT2D eigenvalue weighted by Crippen LogP contribution is 2.44. The maximum Gasteiger partial charge on any atom is 0.352 e. The van der Waals surface area contributed by atoms with Crippen molar-refractivity contribution in [2.45, 2.75) is 50.1 Å². The van der Waals surface area contributed by atoms with Crippen LogP contribution < -0.4 is 9.47 Å². The number of nitrogens with zero attached hydrogens (tertiary/aromatic N) is 2. The van der Waals surface area contributed by atoms with Gasteiger partial charge in [-0.3, -0.25) is 4.90 Å². The molecule has 1 aromatic heterocycles. The summed E-state index contributed by atoms with van der Waals surface area (Å²) in [5.41, 5.74) is 1.54. The minimum absolute atomic E-state index is 0.0903. The fourth-order valence-corrected chi connectivity index (χ4v) is 7.04. The summed E-state index contributed by atoms with van der Waals surface area (Å²) in [6, 6.07) is 14.6. The highest BCUT2D eigenvalue weighted by molar-refractivity contribution is 7.13. The molecule has 0 spiro atoms. The molecule has 3 aliphatic heterocycles. The van der Waals surface area contributed by atoms with Gasteiger partial charge in [0.15, 0.2) is 18.1 Å². The third-order valence-corrected chi connectivity index (χ3v) is 8.83. The van der Waals surface area contributed by atoms with Gasteiger partial charge in [0.05, 0.1) is 29.7 Å². The first-order valence-electron chi connectivity index (χ1n) is 13.5. The molecule has 0 N–H and O–H groups in total. The Bertz CT molecular complexity index is 1470. The SMILES string of the molecule is COc1cc(/C2=C\C(=O)OCC(=O)OC2=O)ccc1OCCCN1C2CCC1CC(c1nsc3ccccc13)C2. The lowest BCUT2D eigenvalue weighted by Crippen LogP contribution is -2.43. The molecule has 2 bridgehead atoms. The summed E-state index contributed by atoms with van der Waals surface area (Å²) in [5, 5.41) is 1.31.